The van der Waals surface area contributed by atoms with Crippen molar-refractivity contribution in [3.8, 4) is 0 Å². The molecule has 0 aliphatic carbocycles. The van der Waals surface area contributed by atoms with Crippen LogP contribution in [0, 0.1) is 5.92 Å². The van der Waals surface area contributed by atoms with Crippen LogP contribution >= 0.6 is 0 Å². The summed E-state index contributed by atoms with van der Waals surface area (Å²) in [4.78, 5) is 4.08. The lowest BCUT2D eigenvalue weighted by Gasteiger charge is -2.18. The van der Waals surface area contributed by atoms with E-state index >= 15 is 0 Å². The van der Waals surface area contributed by atoms with Gasteiger partial charge in [-0.05, 0) is 19.3 Å². The Morgan fingerprint density at radius 1 is 1.33 bits per heavy atom. The molecule has 0 aromatic carbocycles. The number of aliphatic hydroxyl groups is 1. The minimum absolute atomic E-state index is 0.364. The Morgan fingerprint density at radius 3 is 2.53 bits per heavy atom. The Hall–Kier alpha value is -0.830. The van der Waals surface area contributed by atoms with E-state index in [0.29, 0.717) is 5.92 Å². The molecule has 0 aliphatic heterocycles. The second-order valence-electron chi connectivity index (χ2n) is 4.04. The van der Waals surface area contributed by atoms with Crippen LogP contribution in [0.25, 0.3) is 0 Å². The lowest BCUT2D eigenvalue weighted by Crippen LogP contribution is -2.10. The van der Waals surface area contributed by atoms with E-state index in [1.54, 1.807) is 12.5 Å². The molecular formula is C12H22N2O. The highest BCUT2D eigenvalue weighted by molar-refractivity contribution is 5.02. The van der Waals surface area contributed by atoms with Crippen molar-refractivity contribution in [2.24, 2.45) is 5.92 Å². The van der Waals surface area contributed by atoms with Crippen molar-refractivity contribution in [2.45, 2.75) is 52.7 Å². The normalized spacial score (nSPS) is 13.4. The summed E-state index contributed by atoms with van der Waals surface area (Å²) in [6.07, 6.45) is 6.31. The lowest BCUT2D eigenvalue weighted by molar-refractivity contribution is 0.133. The van der Waals surface area contributed by atoms with Crippen LogP contribution in [0.15, 0.2) is 12.5 Å². The largest absolute Gasteiger partial charge is 0.387 e. The molecule has 0 aliphatic rings. The summed E-state index contributed by atoms with van der Waals surface area (Å²) >= 11 is 0. The van der Waals surface area contributed by atoms with Crippen LogP contribution < -0.4 is 0 Å². The highest BCUT2D eigenvalue weighted by Crippen LogP contribution is 2.24. The minimum atomic E-state index is -0.364. The average molecular weight is 210 g/mol. The molecule has 0 fully saturated rings. The van der Waals surface area contributed by atoms with Gasteiger partial charge < -0.3 is 9.67 Å². The first-order chi connectivity index (χ1) is 7.22. The van der Waals surface area contributed by atoms with E-state index in [0.717, 1.165) is 31.5 Å². The molecule has 0 saturated carbocycles. The number of rotatable bonds is 6. The summed E-state index contributed by atoms with van der Waals surface area (Å²) in [5, 5.41) is 10.1. The maximum absolute atomic E-state index is 10.1. The number of aryl methyl sites for hydroxylation is 1. The second-order valence-corrected chi connectivity index (χ2v) is 4.04. The van der Waals surface area contributed by atoms with Gasteiger partial charge in [-0.15, -0.1) is 0 Å². The van der Waals surface area contributed by atoms with Crippen LogP contribution in [0.3, 0.4) is 0 Å². The first-order valence-electron chi connectivity index (χ1n) is 5.90. The smallest absolute Gasteiger partial charge is 0.0958 e. The van der Waals surface area contributed by atoms with Crippen molar-refractivity contribution in [3.05, 3.63) is 18.2 Å². The fraction of sp³-hybridized carbons (Fsp3) is 0.750. The van der Waals surface area contributed by atoms with E-state index in [-0.39, 0.29) is 6.10 Å². The van der Waals surface area contributed by atoms with E-state index in [2.05, 4.69) is 25.8 Å². The number of aromatic nitrogens is 2. The summed E-state index contributed by atoms with van der Waals surface area (Å²) in [6, 6.07) is 0. The molecular weight excluding hydrogens is 188 g/mol. The number of aliphatic hydroxyl groups excluding tert-OH is 1. The van der Waals surface area contributed by atoms with Gasteiger partial charge in [-0.25, -0.2) is 4.98 Å². The summed E-state index contributed by atoms with van der Waals surface area (Å²) in [5.41, 5.74) is 0.949. The first kappa shape index (κ1) is 12.2. The van der Waals surface area contributed by atoms with Crippen LogP contribution in [0.1, 0.15) is 51.8 Å². The van der Waals surface area contributed by atoms with E-state index in [1.165, 1.54) is 0 Å². The van der Waals surface area contributed by atoms with Gasteiger partial charge in [-0.1, -0.05) is 26.7 Å². The molecule has 15 heavy (non-hydrogen) atoms. The van der Waals surface area contributed by atoms with Gasteiger partial charge in [0.2, 0.25) is 0 Å². The summed E-state index contributed by atoms with van der Waals surface area (Å²) in [5.74, 6) is 0.611. The SMILES string of the molecule is CCC(CC)CC(O)c1cncn1CC. The number of nitrogens with zero attached hydrogens (tertiary/aromatic N) is 2. The first-order valence-corrected chi connectivity index (χ1v) is 5.90. The van der Waals surface area contributed by atoms with Crippen molar-refractivity contribution >= 4 is 0 Å². The minimum Gasteiger partial charge on any atom is -0.387 e. The van der Waals surface area contributed by atoms with Crippen LogP contribution in [-0.4, -0.2) is 14.7 Å². The molecule has 0 bridgehead atoms. The maximum atomic E-state index is 10.1. The average Bonchev–Trinajstić information content (AvgIpc) is 2.73. The number of imidazole rings is 1. The predicted molar refractivity (Wildman–Crippen MR) is 61.5 cm³/mol. The summed E-state index contributed by atoms with van der Waals surface area (Å²) < 4.78 is 2.01. The van der Waals surface area contributed by atoms with Gasteiger partial charge in [0.15, 0.2) is 0 Å². The molecule has 1 aromatic heterocycles. The van der Waals surface area contributed by atoms with Crippen molar-refractivity contribution in [1.82, 2.24) is 9.55 Å². The van der Waals surface area contributed by atoms with E-state index < -0.39 is 0 Å². The molecule has 1 N–H and O–H groups in total. The molecule has 0 spiro atoms. The third-order valence-electron chi connectivity index (χ3n) is 3.14. The molecule has 3 nitrogen and oxygen atoms in total. The quantitative estimate of drug-likeness (QED) is 0.784. The fourth-order valence-corrected chi connectivity index (χ4v) is 1.93. The van der Waals surface area contributed by atoms with Gasteiger partial charge >= 0.3 is 0 Å². The molecule has 1 heterocycles. The molecule has 0 radical (unpaired) electrons. The summed E-state index contributed by atoms with van der Waals surface area (Å²) in [6.45, 7) is 7.29. The van der Waals surface area contributed by atoms with Crippen molar-refractivity contribution in [1.29, 1.82) is 0 Å². The van der Waals surface area contributed by atoms with Crippen molar-refractivity contribution < 1.29 is 5.11 Å². The molecule has 0 amide bonds. The zero-order valence-corrected chi connectivity index (χ0v) is 9.98. The fourth-order valence-electron chi connectivity index (χ4n) is 1.93. The van der Waals surface area contributed by atoms with Crippen molar-refractivity contribution in [3.63, 3.8) is 0 Å². The van der Waals surface area contributed by atoms with E-state index in [9.17, 15) is 5.11 Å². The number of hydrogen-bond donors (Lipinski definition) is 1. The van der Waals surface area contributed by atoms with Crippen LogP contribution in [-0.2, 0) is 6.54 Å². The molecule has 1 rings (SSSR count). The predicted octanol–water partition coefficient (Wildman–Crippen LogP) is 2.76. The molecule has 1 aromatic rings. The molecule has 0 saturated heterocycles. The summed E-state index contributed by atoms with van der Waals surface area (Å²) in [7, 11) is 0. The Bertz CT molecular complexity index is 279. The third kappa shape index (κ3) is 3.06. The highest BCUT2D eigenvalue weighted by atomic mass is 16.3. The van der Waals surface area contributed by atoms with Gasteiger partial charge in [0, 0.05) is 6.54 Å². The van der Waals surface area contributed by atoms with E-state index in [4.69, 9.17) is 0 Å². The third-order valence-corrected chi connectivity index (χ3v) is 3.14. The van der Waals surface area contributed by atoms with Crippen LogP contribution in [0.4, 0.5) is 0 Å². The maximum Gasteiger partial charge on any atom is 0.0958 e. The Labute approximate surface area is 92.1 Å². The number of hydrogen-bond acceptors (Lipinski definition) is 2. The van der Waals surface area contributed by atoms with Crippen molar-refractivity contribution in [2.75, 3.05) is 0 Å². The topological polar surface area (TPSA) is 38.1 Å². The van der Waals surface area contributed by atoms with Gasteiger partial charge in [-0.3, -0.25) is 0 Å². The zero-order valence-electron chi connectivity index (χ0n) is 9.98. The monoisotopic (exact) mass is 210 g/mol. The lowest BCUT2D eigenvalue weighted by atomic mass is 9.95. The molecule has 86 valence electrons. The molecule has 3 heteroatoms. The van der Waals surface area contributed by atoms with Gasteiger partial charge in [0.05, 0.1) is 24.3 Å². The Morgan fingerprint density at radius 2 is 2.00 bits per heavy atom. The van der Waals surface area contributed by atoms with Gasteiger partial charge in [0.25, 0.3) is 0 Å². The second kappa shape index (κ2) is 5.91. The standard InChI is InChI=1S/C12H22N2O/c1-4-10(5-2)7-12(15)11-8-13-9-14(11)6-3/h8-10,12,15H,4-7H2,1-3H3. The Balaban J connectivity index is 2.63. The van der Waals surface area contributed by atoms with Gasteiger partial charge in [-0.2, -0.15) is 0 Å². The van der Waals surface area contributed by atoms with E-state index in [1.807, 2.05) is 4.57 Å². The van der Waals surface area contributed by atoms with Crippen LogP contribution in [0.2, 0.25) is 0 Å². The molecule has 1 atom stereocenters. The highest BCUT2D eigenvalue weighted by Gasteiger charge is 2.16. The molecule has 1 unspecified atom stereocenters. The zero-order chi connectivity index (χ0) is 11.3. The van der Waals surface area contributed by atoms with Crippen LogP contribution in [0.5, 0.6) is 0 Å². The van der Waals surface area contributed by atoms with Gasteiger partial charge in [0.1, 0.15) is 0 Å². The Kier molecular flexibility index (Phi) is 4.82.